The number of nitrogens with two attached hydrogens (primary N) is 1. The molecular formula is C14H10N2O2. The molecule has 0 aliphatic heterocycles. The molecule has 88 valence electrons. The van der Waals surface area contributed by atoms with E-state index in [0.29, 0.717) is 22.4 Å². The Balaban J connectivity index is 2.70. The summed E-state index contributed by atoms with van der Waals surface area (Å²) in [5, 5.41) is 18.0. The number of benzene rings is 2. The van der Waals surface area contributed by atoms with Gasteiger partial charge in [-0.1, -0.05) is 18.2 Å². The summed E-state index contributed by atoms with van der Waals surface area (Å²) >= 11 is 0. The van der Waals surface area contributed by atoms with E-state index in [9.17, 15) is 4.79 Å². The first-order valence-electron chi connectivity index (χ1n) is 5.26. The van der Waals surface area contributed by atoms with E-state index in [0.717, 1.165) is 0 Å². The lowest BCUT2D eigenvalue weighted by atomic mass is 9.96. The second kappa shape index (κ2) is 4.60. The molecule has 0 unspecified atom stereocenters. The smallest absolute Gasteiger partial charge is 0.336 e. The lowest BCUT2D eigenvalue weighted by Crippen LogP contribution is -2.02. The van der Waals surface area contributed by atoms with Crippen LogP contribution in [0.25, 0.3) is 11.1 Å². The fourth-order valence-electron chi connectivity index (χ4n) is 1.81. The summed E-state index contributed by atoms with van der Waals surface area (Å²) in [7, 11) is 0. The van der Waals surface area contributed by atoms with Gasteiger partial charge < -0.3 is 10.8 Å². The Morgan fingerprint density at radius 1 is 1.22 bits per heavy atom. The van der Waals surface area contributed by atoms with E-state index in [1.807, 2.05) is 6.07 Å². The van der Waals surface area contributed by atoms with E-state index in [1.165, 1.54) is 6.07 Å². The average Bonchev–Trinajstić information content (AvgIpc) is 2.38. The highest BCUT2D eigenvalue weighted by Crippen LogP contribution is 2.30. The van der Waals surface area contributed by atoms with Gasteiger partial charge in [0.05, 0.1) is 17.2 Å². The molecule has 4 heteroatoms. The summed E-state index contributed by atoms with van der Waals surface area (Å²) in [6, 6.07) is 13.5. The molecule has 0 saturated heterocycles. The van der Waals surface area contributed by atoms with E-state index in [-0.39, 0.29) is 5.56 Å². The van der Waals surface area contributed by atoms with Crippen LogP contribution in [0, 0.1) is 11.3 Å². The molecule has 2 rings (SSSR count). The summed E-state index contributed by atoms with van der Waals surface area (Å²) in [5.74, 6) is -1.04. The third-order valence-electron chi connectivity index (χ3n) is 2.61. The minimum atomic E-state index is -1.04. The van der Waals surface area contributed by atoms with Gasteiger partial charge in [0, 0.05) is 11.3 Å². The topological polar surface area (TPSA) is 87.1 Å². The second-order valence-electron chi connectivity index (χ2n) is 3.77. The van der Waals surface area contributed by atoms with Crippen LogP contribution in [0.5, 0.6) is 0 Å². The van der Waals surface area contributed by atoms with Crippen LogP contribution in [0.2, 0.25) is 0 Å². The monoisotopic (exact) mass is 238 g/mol. The van der Waals surface area contributed by atoms with E-state index in [4.69, 9.17) is 16.1 Å². The standard InChI is InChI=1S/C14H10N2O2/c15-8-9-3-1-4-10(7-9)13-11(14(17)18)5-2-6-12(13)16/h1-7H,16H2,(H,17,18). The van der Waals surface area contributed by atoms with Gasteiger partial charge in [-0.05, 0) is 29.8 Å². The van der Waals surface area contributed by atoms with Crippen LogP contribution in [0.3, 0.4) is 0 Å². The molecule has 0 aromatic heterocycles. The van der Waals surface area contributed by atoms with Crippen LogP contribution in [-0.2, 0) is 0 Å². The molecule has 0 amide bonds. The number of carboxylic acids is 1. The predicted octanol–water partition coefficient (Wildman–Crippen LogP) is 2.51. The van der Waals surface area contributed by atoms with Crippen LogP contribution in [0.15, 0.2) is 42.5 Å². The number of hydrogen-bond donors (Lipinski definition) is 2. The number of nitrogen functional groups attached to an aromatic ring is 1. The van der Waals surface area contributed by atoms with E-state index in [1.54, 1.807) is 36.4 Å². The van der Waals surface area contributed by atoms with Crippen molar-refractivity contribution >= 4 is 11.7 Å². The van der Waals surface area contributed by atoms with Crippen molar-refractivity contribution in [3.63, 3.8) is 0 Å². The molecule has 2 aromatic rings. The van der Waals surface area contributed by atoms with E-state index >= 15 is 0 Å². The largest absolute Gasteiger partial charge is 0.478 e. The molecular weight excluding hydrogens is 228 g/mol. The predicted molar refractivity (Wildman–Crippen MR) is 68.0 cm³/mol. The Kier molecular flexibility index (Phi) is 2.98. The first-order valence-corrected chi connectivity index (χ1v) is 5.26. The van der Waals surface area contributed by atoms with Gasteiger partial charge in [0.25, 0.3) is 0 Å². The van der Waals surface area contributed by atoms with Gasteiger partial charge in [-0.2, -0.15) is 5.26 Å². The molecule has 0 spiro atoms. The second-order valence-corrected chi connectivity index (χ2v) is 3.77. The minimum Gasteiger partial charge on any atom is -0.478 e. The number of nitriles is 1. The fraction of sp³-hybridized carbons (Fsp3) is 0. The molecule has 0 aliphatic rings. The first-order chi connectivity index (χ1) is 8.63. The molecule has 3 N–H and O–H groups in total. The summed E-state index contributed by atoms with van der Waals surface area (Å²) in [6.45, 7) is 0. The summed E-state index contributed by atoms with van der Waals surface area (Å²) in [4.78, 5) is 11.2. The van der Waals surface area contributed by atoms with Gasteiger partial charge in [-0.3, -0.25) is 0 Å². The summed E-state index contributed by atoms with van der Waals surface area (Å²) in [5.41, 5.74) is 7.89. The highest BCUT2D eigenvalue weighted by atomic mass is 16.4. The number of rotatable bonds is 2. The summed E-state index contributed by atoms with van der Waals surface area (Å²) in [6.07, 6.45) is 0. The van der Waals surface area contributed by atoms with Crippen LogP contribution in [-0.4, -0.2) is 11.1 Å². The number of carboxylic acid groups (broad SMARTS) is 1. The highest BCUT2D eigenvalue weighted by molar-refractivity contribution is 5.99. The van der Waals surface area contributed by atoms with Crippen molar-refractivity contribution in [2.75, 3.05) is 5.73 Å². The lowest BCUT2D eigenvalue weighted by molar-refractivity contribution is 0.0698. The highest BCUT2D eigenvalue weighted by Gasteiger charge is 2.14. The average molecular weight is 238 g/mol. The molecule has 2 aromatic carbocycles. The molecule has 0 radical (unpaired) electrons. The van der Waals surface area contributed by atoms with Crippen molar-refractivity contribution in [1.29, 1.82) is 5.26 Å². The van der Waals surface area contributed by atoms with Crippen molar-refractivity contribution in [3.05, 3.63) is 53.6 Å². The minimum absolute atomic E-state index is 0.130. The van der Waals surface area contributed by atoms with Crippen LogP contribution < -0.4 is 5.73 Å². The van der Waals surface area contributed by atoms with Gasteiger partial charge in [-0.25, -0.2) is 4.79 Å². The molecule has 0 aliphatic carbocycles. The van der Waals surface area contributed by atoms with E-state index < -0.39 is 5.97 Å². The van der Waals surface area contributed by atoms with Crippen LogP contribution in [0.1, 0.15) is 15.9 Å². The Hall–Kier alpha value is -2.80. The van der Waals surface area contributed by atoms with Crippen LogP contribution in [0.4, 0.5) is 5.69 Å². The maximum Gasteiger partial charge on any atom is 0.336 e. The zero-order chi connectivity index (χ0) is 13.1. The normalized spacial score (nSPS) is 9.72. The fourth-order valence-corrected chi connectivity index (χ4v) is 1.81. The van der Waals surface area contributed by atoms with Crippen molar-refractivity contribution in [2.45, 2.75) is 0 Å². The Bertz CT molecular complexity index is 657. The summed E-state index contributed by atoms with van der Waals surface area (Å²) < 4.78 is 0. The molecule has 18 heavy (non-hydrogen) atoms. The lowest BCUT2D eigenvalue weighted by Gasteiger charge is -2.09. The third kappa shape index (κ3) is 2.02. The van der Waals surface area contributed by atoms with Gasteiger partial charge in [0.2, 0.25) is 0 Å². The number of anilines is 1. The molecule has 0 heterocycles. The number of nitrogens with zero attached hydrogens (tertiary/aromatic N) is 1. The molecule has 0 bridgehead atoms. The first kappa shape index (κ1) is 11.7. The van der Waals surface area contributed by atoms with Crippen molar-refractivity contribution < 1.29 is 9.90 Å². The van der Waals surface area contributed by atoms with Gasteiger partial charge in [0.15, 0.2) is 0 Å². The Morgan fingerprint density at radius 3 is 2.61 bits per heavy atom. The third-order valence-corrected chi connectivity index (χ3v) is 2.61. The zero-order valence-corrected chi connectivity index (χ0v) is 9.42. The number of hydrogen-bond acceptors (Lipinski definition) is 3. The van der Waals surface area contributed by atoms with E-state index in [2.05, 4.69) is 0 Å². The quantitative estimate of drug-likeness (QED) is 0.787. The van der Waals surface area contributed by atoms with Gasteiger partial charge in [-0.15, -0.1) is 0 Å². The Morgan fingerprint density at radius 2 is 1.94 bits per heavy atom. The number of carbonyl (C=O) groups is 1. The number of aromatic carboxylic acids is 1. The molecule has 0 atom stereocenters. The molecule has 0 fully saturated rings. The SMILES string of the molecule is N#Cc1cccc(-c2c(N)cccc2C(=O)O)c1. The van der Waals surface area contributed by atoms with Crippen LogP contribution >= 0.6 is 0 Å². The van der Waals surface area contributed by atoms with Gasteiger partial charge in [0.1, 0.15) is 0 Å². The van der Waals surface area contributed by atoms with Crippen molar-refractivity contribution in [1.82, 2.24) is 0 Å². The maximum absolute atomic E-state index is 11.2. The Labute approximate surface area is 104 Å². The zero-order valence-electron chi connectivity index (χ0n) is 9.42. The van der Waals surface area contributed by atoms with Gasteiger partial charge >= 0.3 is 5.97 Å². The molecule has 0 saturated carbocycles. The molecule has 4 nitrogen and oxygen atoms in total. The van der Waals surface area contributed by atoms with Crippen molar-refractivity contribution in [3.8, 4) is 17.2 Å². The van der Waals surface area contributed by atoms with Crippen molar-refractivity contribution in [2.24, 2.45) is 0 Å². The maximum atomic E-state index is 11.2.